The van der Waals surface area contributed by atoms with Crippen molar-refractivity contribution < 1.29 is 29.4 Å². The van der Waals surface area contributed by atoms with E-state index in [4.69, 9.17) is 10.2 Å². The van der Waals surface area contributed by atoms with E-state index < -0.39 is 34.2 Å². The molecular weight excluding hydrogens is 369 g/mol. The van der Waals surface area contributed by atoms with Crippen LogP contribution in [0.3, 0.4) is 0 Å². The highest BCUT2D eigenvalue weighted by molar-refractivity contribution is 14.1. The van der Waals surface area contributed by atoms with Crippen LogP contribution in [0.4, 0.5) is 0 Å². The molecule has 3 atom stereocenters. The Morgan fingerprint density at radius 1 is 1.21 bits per heavy atom. The Balaban J connectivity index is 4.51. The van der Waals surface area contributed by atoms with Crippen LogP contribution in [0.1, 0.15) is 26.7 Å². The van der Waals surface area contributed by atoms with Crippen molar-refractivity contribution in [3.8, 4) is 0 Å². The second-order valence-corrected chi connectivity index (χ2v) is 5.72. The van der Waals surface area contributed by atoms with Crippen LogP contribution in [-0.4, -0.2) is 43.8 Å². The predicted octanol–water partition coefficient (Wildman–Crippen LogP) is 0.449. The average Bonchev–Trinajstić information content (AvgIpc) is 2.26. The Labute approximate surface area is 123 Å². The first kappa shape index (κ1) is 17.8. The van der Waals surface area contributed by atoms with Crippen LogP contribution in [0.15, 0.2) is 0 Å². The largest absolute Gasteiger partial charge is 0.481 e. The van der Waals surface area contributed by atoms with Crippen LogP contribution in [-0.2, 0) is 19.2 Å². The standard InChI is InChI=1S/C11H16INO6/c1-5(6(2)14)3-7(12)10(17)13-8(11(18)19)4-9(15)16/h5,7-8H,3-4H2,1-2H3,(H,13,17)(H,15,16)(H,18,19). The Bertz CT molecular complexity index is 383. The monoisotopic (exact) mass is 385 g/mol. The Kier molecular flexibility index (Phi) is 7.57. The molecule has 0 aliphatic heterocycles. The molecule has 3 unspecified atom stereocenters. The molecule has 0 aliphatic rings. The van der Waals surface area contributed by atoms with Crippen molar-refractivity contribution in [1.82, 2.24) is 5.32 Å². The number of carbonyl (C=O) groups excluding carboxylic acids is 2. The molecule has 3 N–H and O–H groups in total. The molecule has 0 aromatic carbocycles. The second kappa shape index (κ2) is 8.08. The van der Waals surface area contributed by atoms with Gasteiger partial charge in [0.2, 0.25) is 5.91 Å². The molecule has 0 aliphatic carbocycles. The Hall–Kier alpha value is -1.19. The minimum absolute atomic E-state index is 0.0604. The van der Waals surface area contributed by atoms with Gasteiger partial charge in [-0.05, 0) is 13.3 Å². The summed E-state index contributed by atoms with van der Waals surface area (Å²) in [6, 6.07) is -1.46. The summed E-state index contributed by atoms with van der Waals surface area (Å²) in [5.74, 6) is -3.67. The molecule has 7 nitrogen and oxygen atoms in total. The number of hydrogen-bond donors (Lipinski definition) is 3. The van der Waals surface area contributed by atoms with Crippen molar-refractivity contribution in [3.63, 3.8) is 0 Å². The third-order valence-electron chi connectivity index (χ3n) is 2.53. The number of halogens is 1. The van der Waals surface area contributed by atoms with Gasteiger partial charge in [0.25, 0.3) is 0 Å². The molecule has 0 rings (SSSR count). The van der Waals surface area contributed by atoms with Crippen molar-refractivity contribution >= 4 is 46.2 Å². The zero-order valence-electron chi connectivity index (χ0n) is 10.6. The van der Waals surface area contributed by atoms with E-state index >= 15 is 0 Å². The Morgan fingerprint density at radius 2 is 1.74 bits per heavy atom. The lowest BCUT2D eigenvalue weighted by Gasteiger charge is -2.17. The quantitative estimate of drug-likeness (QED) is 0.412. The number of rotatable bonds is 8. The number of ketones is 1. The van der Waals surface area contributed by atoms with E-state index in [0.29, 0.717) is 0 Å². The van der Waals surface area contributed by atoms with Gasteiger partial charge in [-0.25, -0.2) is 4.79 Å². The van der Waals surface area contributed by atoms with Crippen LogP contribution in [0, 0.1) is 5.92 Å². The summed E-state index contributed by atoms with van der Waals surface area (Å²) >= 11 is 1.80. The highest BCUT2D eigenvalue weighted by Gasteiger charge is 2.27. The first-order valence-electron chi connectivity index (χ1n) is 5.54. The number of alkyl halides is 1. The van der Waals surface area contributed by atoms with Crippen molar-refractivity contribution in [2.24, 2.45) is 5.92 Å². The number of nitrogens with one attached hydrogen (secondary N) is 1. The fourth-order valence-corrected chi connectivity index (χ4v) is 2.16. The van der Waals surface area contributed by atoms with E-state index in [1.54, 1.807) is 29.5 Å². The number of hydrogen-bond acceptors (Lipinski definition) is 4. The molecule has 108 valence electrons. The molecule has 0 bridgehead atoms. The van der Waals surface area contributed by atoms with E-state index in [1.165, 1.54) is 6.92 Å². The molecule has 0 saturated heterocycles. The summed E-state index contributed by atoms with van der Waals surface area (Å²) in [7, 11) is 0. The van der Waals surface area contributed by atoms with Gasteiger partial charge in [0.1, 0.15) is 11.8 Å². The maximum absolute atomic E-state index is 11.7. The van der Waals surface area contributed by atoms with Gasteiger partial charge in [0.15, 0.2) is 0 Å². The number of carboxylic acid groups (broad SMARTS) is 2. The summed E-state index contributed by atoms with van der Waals surface area (Å²) in [5.41, 5.74) is 0. The molecule has 0 aromatic heterocycles. The summed E-state index contributed by atoms with van der Waals surface area (Å²) in [5, 5.41) is 19.5. The third kappa shape index (κ3) is 7.09. The SMILES string of the molecule is CC(=O)C(C)CC(I)C(=O)NC(CC(=O)O)C(=O)O. The van der Waals surface area contributed by atoms with Crippen molar-refractivity contribution in [2.75, 3.05) is 0 Å². The molecule has 0 saturated carbocycles. The van der Waals surface area contributed by atoms with Gasteiger partial charge in [-0.3, -0.25) is 14.4 Å². The van der Waals surface area contributed by atoms with Crippen LogP contribution in [0.25, 0.3) is 0 Å². The normalized spacial score (nSPS) is 15.1. The fraction of sp³-hybridized carbons (Fsp3) is 0.636. The lowest BCUT2D eigenvalue weighted by atomic mass is 10.0. The van der Waals surface area contributed by atoms with Crippen molar-refractivity contribution in [2.45, 2.75) is 36.7 Å². The van der Waals surface area contributed by atoms with E-state index in [9.17, 15) is 19.2 Å². The van der Waals surface area contributed by atoms with Crippen LogP contribution >= 0.6 is 22.6 Å². The van der Waals surface area contributed by atoms with E-state index in [1.807, 2.05) is 0 Å². The minimum Gasteiger partial charge on any atom is -0.481 e. The van der Waals surface area contributed by atoms with Crippen molar-refractivity contribution in [3.05, 3.63) is 0 Å². The Morgan fingerprint density at radius 3 is 2.11 bits per heavy atom. The lowest BCUT2D eigenvalue weighted by Crippen LogP contribution is -2.45. The summed E-state index contributed by atoms with van der Waals surface area (Å²) in [6.07, 6.45) is -0.409. The maximum atomic E-state index is 11.7. The molecule has 0 spiro atoms. The molecule has 1 amide bonds. The molecule has 0 radical (unpaired) electrons. The lowest BCUT2D eigenvalue weighted by molar-refractivity contribution is -0.147. The molecule has 0 heterocycles. The number of aliphatic carboxylic acids is 2. The van der Waals surface area contributed by atoms with Gasteiger partial charge in [-0.1, -0.05) is 29.5 Å². The van der Waals surface area contributed by atoms with Crippen LogP contribution in [0.2, 0.25) is 0 Å². The molecule has 8 heteroatoms. The summed E-state index contributed by atoms with van der Waals surface area (Å²) in [6.45, 7) is 3.09. The zero-order chi connectivity index (χ0) is 15.2. The van der Waals surface area contributed by atoms with Gasteiger partial charge < -0.3 is 15.5 Å². The first-order chi connectivity index (χ1) is 8.65. The highest BCUT2D eigenvalue weighted by Crippen LogP contribution is 2.15. The zero-order valence-corrected chi connectivity index (χ0v) is 12.7. The van der Waals surface area contributed by atoms with E-state index in [2.05, 4.69) is 5.32 Å². The van der Waals surface area contributed by atoms with Gasteiger partial charge in [0, 0.05) is 5.92 Å². The molecule has 0 aromatic rings. The highest BCUT2D eigenvalue weighted by atomic mass is 127. The fourth-order valence-electron chi connectivity index (χ4n) is 1.22. The summed E-state index contributed by atoms with van der Waals surface area (Å²) < 4.78 is -0.591. The van der Waals surface area contributed by atoms with Gasteiger partial charge in [0.05, 0.1) is 10.3 Å². The molecule has 0 fully saturated rings. The van der Waals surface area contributed by atoms with E-state index in [-0.39, 0.29) is 18.1 Å². The summed E-state index contributed by atoms with van der Waals surface area (Å²) in [4.78, 5) is 44.0. The minimum atomic E-state index is -1.46. The number of carbonyl (C=O) groups is 4. The maximum Gasteiger partial charge on any atom is 0.326 e. The van der Waals surface area contributed by atoms with Gasteiger partial charge in [-0.2, -0.15) is 0 Å². The number of Topliss-reactive ketones (excluding diaryl/α,β-unsaturated/α-hetero) is 1. The molecular formula is C11H16INO6. The third-order valence-corrected chi connectivity index (χ3v) is 3.61. The van der Waals surface area contributed by atoms with Gasteiger partial charge >= 0.3 is 11.9 Å². The predicted molar refractivity (Wildman–Crippen MR) is 74.1 cm³/mol. The average molecular weight is 385 g/mol. The van der Waals surface area contributed by atoms with Crippen LogP contribution < -0.4 is 5.32 Å². The van der Waals surface area contributed by atoms with Gasteiger partial charge in [-0.15, -0.1) is 0 Å². The topological polar surface area (TPSA) is 121 Å². The first-order valence-corrected chi connectivity index (χ1v) is 6.79. The number of amides is 1. The van der Waals surface area contributed by atoms with E-state index in [0.717, 1.165) is 0 Å². The van der Waals surface area contributed by atoms with Crippen molar-refractivity contribution in [1.29, 1.82) is 0 Å². The number of carboxylic acids is 2. The smallest absolute Gasteiger partial charge is 0.326 e. The van der Waals surface area contributed by atoms with Crippen LogP contribution in [0.5, 0.6) is 0 Å². The molecule has 19 heavy (non-hydrogen) atoms. The second-order valence-electron chi connectivity index (χ2n) is 4.21.